The molecule has 0 spiro atoms. The van der Waals surface area contributed by atoms with E-state index in [4.69, 9.17) is 5.73 Å². The maximum absolute atomic E-state index is 5.84. The number of hydrogen-bond donors (Lipinski definition) is 1. The van der Waals surface area contributed by atoms with Crippen LogP contribution in [-0.2, 0) is 0 Å². The van der Waals surface area contributed by atoms with E-state index in [1.807, 2.05) is 6.07 Å². The Balaban J connectivity index is 2.62. The molecule has 1 rings (SSSR count). The van der Waals surface area contributed by atoms with Crippen LogP contribution in [0.25, 0.3) is 0 Å². The number of nitrogens with two attached hydrogens (primary N) is 1. The van der Waals surface area contributed by atoms with Crippen LogP contribution >= 0.6 is 0 Å². The molecule has 0 aliphatic heterocycles. The Labute approximate surface area is 105 Å². The molecule has 0 aliphatic rings. The van der Waals surface area contributed by atoms with Crippen molar-refractivity contribution in [2.75, 3.05) is 44.4 Å². The van der Waals surface area contributed by atoms with Gasteiger partial charge in [0.1, 0.15) is 0 Å². The normalized spacial score (nSPS) is 10.9. The summed E-state index contributed by atoms with van der Waals surface area (Å²) in [5.41, 5.74) is 9.15. The van der Waals surface area contributed by atoms with Crippen LogP contribution in [0.15, 0.2) is 18.2 Å². The summed E-state index contributed by atoms with van der Waals surface area (Å²) >= 11 is 0. The fraction of sp³-hybridized carbons (Fsp3) is 0.571. The van der Waals surface area contributed by atoms with Gasteiger partial charge in [0.05, 0.1) is 0 Å². The van der Waals surface area contributed by atoms with Crippen LogP contribution in [0.4, 0.5) is 11.4 Å². The third kappa shape index (κ3) is 4.27. The van der Waals surface area contributed by atoms with Crippen molar-refractivity contribution < 1.29 is 0 Å². The van der Waals surface area contributed by atoms with Crippen LogP contribution in [0.3, 0.4) is 0 Å². The lowest BCUT2D eigenvalue weighted by Gasteiger charge is -2.24. The SMILES string of the molecule is CCN(CCCN(C)C)c1ccc(N)c(C)c1. The van der Waals surface area contributed by atoms with Crippen molar-refractivity contribution in [1.82, 2.24) is 4.90 Å². The van der Waals surface area contributed by atoms with E-state index in [9.17, 15) is 0 Å². The van der Waals surface area contributed by atoms with E-state index in [1.165, 1.54) is 12.1 Å². The zero-order chi connectivity index (χ0) is 12.8. The number of hydrogen-bond acceptors (Lipinski definition) is 3. The molecule has 0 fully saturated rings. The number of nitrogen functional groups attached to an aromatic ring is 1. The minimum Gasteiger partial charge on any atom is -0.399 e. The van der Waals surface area contributed by atoms with E-state index >= 15 is 0 Å². The summed E-state index contributed by atoms with van der Waals surface area (Å²) in [4.78, 5) is 4.62. The van der Waals surface area contributed by atoms with Crippen LogP contribution in [0.1, 0.15) is 18.9 Å². The Morgan fingerprint density at radius 3 is 2.41 bits per heavy atom. The Bertz CT molecular complexity index is 347. The minimum atomic E-state index is 0.873. The van der Waals surface area contributed by atoms with Gasteiger partial charge in [-0.2, -0.15) is 0 Å². The molecule has 0 unspecified atom stereocenters. The summed E-state index contributed by atoms with van der Waals surface area (Å²) in [6.45, 7) is 7.52. The van der Waals surface area contributed by atoms with Crippen LogP contribution in [0, 0.1) is 6.92 Å². The number of rotatable bonds is 6. The molecule has 96 valence electrons. The Morgan fingerprint density at radius 1 is 1.18 bits per heavy atom. The lowest BCUT2D eigenvalue weighted by molar-refractivity contribution is 0.400. The molecule has 0 atom stereocenters. The summed E-state index contributed by atoms with van der Waals surface area (Å²) in [7, 11) is 4.23. The highest BCUT2D eigenvalue weighted by molar-refractivity contribution is 5.57. The lowest BCUT2D eigenvalue weighted by atomic mass is 10.1. The quantitative estimate of drug-likeness (QED) is 0.768. The predicted molar refractivity (Wildman–Crippen MR) is 76.6 cm³/mol. The van der Waals surface area contributed by atoms with Crippen molar-refractivity contribution in [3.63, 3.8) is 0 Å². The first kappa shape index (κ1) is 13.8. The van der Waals surface area contributed by atoms with E-state index < -0.39 is 0 Å². The number of aryl methyl sites for hydroxylation is 1. The molecule has 0 amide bonds. The van der Waals surface area contributed by atoms with Gasteiger partial charge in [0.15, 0.2) is 0 Å². The van der Waals surface area contributed by atoms with Crippen molar-refractivity contribution in [2.24, 2.45) is 0 Å². The summed E-state index contributed by atoms with van der Waals surface area (Å²) in [5, 5.41) is 0. The van der Waals surface area contributed by atoms with Gasteiger partial charge in [-0.3, -0.25) is 0 Å². The first-order chi connectivity index (χ1) is 8.04. The highest BCUT2D eigenvalue weighted by Gasteiger charge is 2.05. The lowest BCUT2D eigenvalue weighted by Crippen LogP contribution is -2.27. The van der Waals surface area contributed by atoms with Crippen molar-refractivity contribution in [3.05, 3.63) is 23.8 Å². The molecule has 0 saturated heterocycles. The maximum Gasteiger partial charge on any atom is 0.0370 e. The van der Waals surface area contributed by atoms with Gasteiger partial charge in [0.2, 0.25) is 0 Å². The van der Waals surface area contributed by atoms with E-state index in [0.717, 1.165) is 30.9 Å². The Hall–Kier alpha value is -1.22. The van der Waals surface area contributed by atoms with Crippen molar-refractivity contribution in [2.45, 2.75) is 20.3 Å². The Morgan fingerprint density at radius 2 is 1.88 bits per heavy atom. The molecule has 3 nitrogen and oxygen atoms in total. The molecule has 0 heterocycles. The van der Waals surface area contributed by atoms with Crippen LogP contribution < -0.4 is 10.6 Å². The standard InChI is InChI=1S/C14H25N3/c1-5-17(10-6-9-16(3)4)13-7-8-14(15)12(2)11-13/h7-8,11H,5-6,9-10,15H2,1-4H3. The molecule has 3 heteroatoms. The Kier molecular flexibility index (Phi) is 5.29. The summed E-state index contributed by atoms with van der Waals surface area (Å²) in [6, 6.07) is 6.29. The molecule has 1 aromatic carbocycles. The van der Waals surface area contributed by atoms with Gasteiger partial charge >= 0.3 is 0 Å². The molecule has 0 bridgehead atoms. The van der Waals surface area contributed by atoms with Gasteiger partial charge in [-0.05, 0) is 64.7 Å². The monoisotopic (exact) mass is 235 g/mol. The topological polar surface area (TPSA) is 32.5 Å². The van der Waals surface area contributed by atoms with E-state index in [0.29, 0.717) is 0 Å². The van der Waals surface area contributed by atoms with Gasteiger partial charge in [0.25, 0.3) is 0 Å². The zero-order valence-corrected chi connectivity index (χ0v) is 11.5. The number of benzene rings is 1. The number of anilines is 2. The van der Waals surface area contributed by atoms with E-state index in [2.05, 4.69) is 49.9 Å². The summed E-state index contributed by atoms with van der Waals surface area (Å²) in [6.07, 6.45) is 1.18. The van der Waals surface area contributed by atoms with Crippen LogP contribution in [0.2, 0.25) is 0 Å². The molecule has 17 heavy (non-hydrogen) atoms. The fourth-order valence-corrected chi connectivity index (χ4v) is 1.90. The third-order valence-electron chi connectivity index (χ3n) is 3.03. The van der Waals surface area contributed by atoms with Crippen LogP contribution in [-0.4, -0.2) is 38.6 Å². The average Bonchev–Trinajstić information content (AvgIpc) is 2.28. The second-order valence-electron chi connectivity index (χ2n) is 4.78. The van der Waals surface area contributed by atoms with Gasteiger partial charge < -0.3 is 15.5 Å². The van der Waals surface area contributed by atoms with Crippen LogP contribution in [0.5, 0.6) is 0 Å². The highest BCUT2D eigenvalue weighted by atomic mass is 15.1. The fourth-order valence-electron chi connectivity index (χ4n) is 1.90. The van der Waals surface area contributed by atoms with Gasteiger partial charge in [0, 0.05) is 24.5 Å². The van der Waals surface area contributed by atoms with Crippen molar-refractivity contribution >= 4 is 11.4 Å². The molecule has 0 radical (unpaired) electrons. The first-order valence-corrected chi connectivity index (χ1v) is 6.30. The van der Waals surface area contributed by atoms with E-state index in [-0.39, 0.29) is 0 Å². The second-order valence-corrected chi connectivity index (χ2v) is 4.78. The third-order valence-corrected chi connectivity index (χ3v) is 3.03. The van der Waals surface area contributed by atoms with Gasteiger partial charge in [-0.25, -0.2) is 0 Å². The number of nitrogens with zero attached hydrogens (tertiary/aromatic N) is 2. The molecular formula is C14H25N3. The zero-order valence-electron chi connectivity index (χ0n) is 11.5. The molecule has 1 aromatic rings. The molecular weight excluding hydrogens is 210 g/mol. The molecule has 2 N–H and O–H groups in total. The smallest absolute Gasteiger partial charge is 0.0370 e. The highest BCUT2D eigenvalue weighted by Crippen LogP contribution is 2.20. The maximum atomic E-state index is 5.84. The largest absolute Gasteiger partial charge is 0.399 e. The summed E-state index contributed by atoms with van der Waals surface area (Å²) < 4.78 is 0. The molecule has 0 saturated carbocycles. The van der Waals surface area contributed by atoms with Crippen molar-refractivity contribution in [1.29, 1.82) is 0 Å². The predicted octanol–water partition coefficient (Wildman–Crippen LogP) is 2.36. The van der Waals surface area contributed by atoms with Gasteiger partial charge in [-0.15, -0.1) is 0 Å². The molecule has 0 aromatic heterocycles. The molecule has 0 aliphatic carbocycles. The summed E-state index contributed by atoms with van der Waals surface area (Å²) in [5.74, 6) is 0. The van der Waals surface area contributed by atoms with Gasteiger partial charge in [-0.1, -0.05) is 0 Å². The van der Waals surface area contributed by atoms with Crippen molar-refractivity contribution in [3.8, 4) is 0 Å². The van der Waals surface area contributed by atoms with E-state index in [1.54, 1.807) is 0 Å². The average molecular weight is 235 g/mol. The minimum absolute atomic E-state index is 0.873. The second kappa shape index (κ2) is 6.50. The first-order valence-electron chi connectivity index (χ1n) is 6.30.